The highest BCUT2D eigenvalue weighted by Gasteiger charge is 2.20. The van der Waals surface area contributed by atoms with Gasteiger partial charge in [0.2, 0.25) is 11.7 Å². The maximum absolute atomic E-state index is 13.6. The summed E-state index contributed by atoms with van der Waals surface area (Å²) in [5.74, 6) is -1.54. The summed E-state index contributed by atoms with van der Waals surface area (Å²) in [6.07, 6.45) is 0. The first kappa shape index (κ1) is 15.0. The Hall–Kier alpha value is -2.36. The average molecular weight is 358 g/mol. The lowest BCUT2D eigenvalue weighted by atomic mass is 10.3. The molecule has 0 radical (unpaired) electrons. The fraction of sp³-hybridized carbons (Fsp3) is 0.182. The molecule has 0 bridgehead atoms. The van der Waals surface area contributed by atoms with Crippen molar-refractivity contribution in [3.8, 4) is 0 Å². The van der Waals surface area contributed by atoms with Gasteiger partial charge in [0.1, 0.15) is 12.4 Å². The topological polar surface area (TPSA) is 103 Å². The predicted molar refractivity (Wildman–Crippen MR) is 74.1 cm³/mol. The number of hydrogen-bond donors (Lipinski definition) is 1. The number of aryl methyl sites for hydroxylation is 1. The maximum Gasteiger partial charge on any atom is 0.491 e. The second-order valence-electron chi connectivity index (χ2n) is 4.05. The molecule has 0 saturated heterocycles. The minimum Gasteiger partial charge on any atom is -0.390 e. The molecule has 1 N–H and O–H groups in total. The lowest BCUT2D eigenvalue weighted by Crippen LogP contribution is -2.21. The highest BCUT2D eigenvalue weighted by Crippen LogP contribution is 2.19. The molecule has 0 aliphatic heterocycles. The van der Waals surface area contributed by atoms with Gasteiger partial charge in [-0.1, -0.05) is 15.9 Å². The summed E-state index contributed by atoms with van der Waals surface area (Å²) in [5, 5.41) is 16.5. The molecule has 1 aromatic carbocycles. The number of amides is 1. The van der Waals surface area contributed by atoms with Crippen LogP contribution in [0.3, 0.4) is 0 Å². The first-order valence-corrected chi connectivity index (χ1v) is 6.47. The second-order valence-corrected chi connectivity index (χ2v) is 4.96. The van der Waals surface area contributed by atoms with E-state index in [1.165, 1.54) is 19.1 Å². The number of nitrogens with one attached hydrogen (secondary N) is 1. The Bertz CT molecular complexity index is 718. The first-order chi connectivity index (χ1) is 9.86. The minimum atomic E-state index is -0.754. The van der Waals surface area contributed by atoms with Gasteiger partial charge in [0.05, 0.1) is 5.69 Å². The van der Waals surface area contributed by atoms with Crippen LogP contribution in [-0.2, 0) is 11.3 Å². The molecular weight excluding hydrogens is 349 g/mol. The first-order valence-electron chi connectivity index (χ1n) is 5.67. The number of nitrogens with zero attached hydrogens (tertiary/aromatic N) is 4. The molecule has 10 heteroatoms. The largest absolute Gasteiger partial charge is 0.491 e. The van der Waals surface area contributed by atoms with E-state index in [0.717, 1.165) is 4.68 Å². The summed E-state index contributed by atoms with van der Waals surface area (Å²) in [6.45, 7) is 1.18. The van der Waals surface area contributed by atoms with Gasteiger partial charge in [-0.05, 0) is 28.1 Å². The Morgan fingerprint density at radius 2 is 2.29 bits per heavy atom. The van der Waals surface area contributed by atoms with Crippen LogP contribution in [0.2, 0.25) is 0 Å². The molecule has 2 rings (SSSR count). The molecule has 0 aliphatic carbocycles. The van der Waals surface area contributed by atoms with E-state index in [-0.39, 0.29) is 18.1 Å². The summed E-state index contributed by atoms with van der Waals surface area (Å²) >= 11 is 3.10. The smallest absolute Gasteiger partial charge is 0.390 e. The quantitative estimate of drug-likeness (QED) is 0.666. The Morgan fingerprint density at radius 3 is 2.86 bits per heavy atom. The van der Waals surface area contributed by atoms with Gasteiger partial charge in [0.25, 0.3) is 0 Å². The Morgan fingerprint density at radius 1 is 1.57 bits per heavy atom. The van der Waals surface area contributed by atoms with E-state index in [2.05, 4.69) is 31.3 Å². The van der Waals surface area contributed by atoms with Crippen LogP contribution in [0.5, 0.6) is 0 Å². The summed E-state index contributed by atoms with van der Waals surface area (Å²) < 4.78 is 15.2. The van der Waals surface area contributed by atoms with Gasteiger partial charge in [-0.3, -0.25) is 4.79 Å². The molecule has 0 atom stereocenters. The van der Waals surface area contributed by atoms with Gasteiger partial charge < -0.3 is 15.4 Å². The lowest BCUT2D eigenvalue weighted by molar-refractivity contribution is -0.394. The molecule has 1 heterocycles. The van der Waals surface area contributed by atoms with Crippen LogP contribution in [0.15, 0.2) is 22.7 Å². The summed E-state index contributed by atoms with van der Waals surface area (Å²) in [7, 11) is 0. The molecule has 1 aromatic heterocycles. The third-order valence-corrected chi connectivity index (χ3v) is 3.00. The number of carbonyl (C=O) groups excluding carboxylic acids is 1. The highest BCUT2D eigenvalue weighted by atomic mass is 79.9. The van der Waals surface area contributed by atoms with E-state index in [0.29, 0.717) is 4.47 Å². The molecular formula is C11H9BrFN5O3. The van der Waals surface area contributed by atoms with Crippen LogP contribution >= 0.6 is 15.9 Å². The van der Waals surface area contributed by atoms with Crippen LogP contribution in [0, 0.1) is 22.9 Å². The summed E-state index contributed by atoms with van der Waals surface area (Å²) in [6, 6.07) is 4.18. The molecule has 1 amide bonds. The lowest BCUT2D eigenvalue weighted by Gasteiger charge is -2.05. The molecule has 110 valence electrons. The number of hydrogen-bond acceptors (Lipinski definition) is 5. The van der Waals surface area contributed by atoms with Gasteiger partial charge in [0, 0.05) is 16.5 Å². The number of benzene rings is 1. The zero-order valence-corrected chi connectivity index (χ0v) is 12.3. The van der Waals surface area contributed by atoms with Gasteiger partial charge >= 0.3 is 5.95 Å². The second kappa shape index (κ2) is 5.95. The van der Waals surface area contributed by atoms with Crippen molar-refractivity contribution in [2.75, 3.05) is 5.32 Å². The van der Waals surface area contributed by atoms with Crippen molar-refractivity contribution in [1.29, 1.82) is 0 Å². The molecule has 8 nitrogen and oxygen atoms in total. The van der Waals surface area contributed by atoms with Crippen LogP contribution in [0.1, 0.15) is 5.82 Å². The summed E-state index contributed by atoms with van der Waals surface area (Å²) in [5.41, 5.74) is 0.00969. The maximum atomic E-state index is 13.6. The zero-order valence-electron chi connectivity index (χ0n) is 10.7. The van der Waals surface area contributed by atoms with Crippen LogP contribution < -0.4 is 5.32 Å². The SMILES string of the molecule is Cc1nc([N+](=O)[O-])nn1CC(=O)Nc1ccc(Br)cc1F. The molecule has 0 spiro atoms. The van der Waals surface area contributed by atoms with Crippen molar-refractivity contribution in [2.45, 2.75) is 13.5 Å². The van der Waals surface area contributed by atoms with Crippen LogP contribution in [0.25, 0.3) is 0 Å². The van der Waals surface area contributed by atoms with E-state index in [1.807, 2.05) is 0 Å². The zero-order chi connectivity index (χ0) is 15.6. The number of nitro groups is 1. The number of rotatable bonds is 4. The third kappa shape index (κ3) is 3.60. The Kier molecular flexibility index (Phi) is 4.26. The van der Waals surface area contributed by atoms with E-state index >= 15 is 0 Å². The number of aromatic nitrogens is 3. The normalized spacial score (nSPS) is 10.4. The molecule has 0 unspecified atom stereocenters. The Labute approximate surface area is 126 Å². The van der Waals surface area contributed by atoms with E-state index in [9.17, 15) is 19.3 Å². The summed E-state index contributed by atoms with van der Waals surface area (Å²) in [4.78, 5) is 25.2. The van der Waals surface area contributed by atoms with Crippen LogP contribution in [0.4, 0.5) is 16.0 Å². The van der Waals surface area contributed by atoms with E-state index in [4.69, 9.17) is 0 Å². The predicted octanol–water partition coefficient (Wildman–Crippen LogP) is 2.04. The molecule has 2 aromatic rings. The number of halogens is 2. The van der Waals surface area contributed by atoms with Crippen molar-refractivity contribution in [2.24, 2.45) is 0 Å². The number of carbonyl (C=O) groups is 1. The van der Waals surface area contributed by atoms with Gasteiger partial charge in [-0.15, -0.1) is 0 Å². The monoisotopic (exact) mass is 357 g/mol. The van der Waals surface area contributed by atoms with Crippen molar-refractivity contribution in [1.82, 2.24) is 14.8 Å². The van der Waals surface area contributed by atoms with Crippen molar-refractivity contribution >= 4 is 33.5 Å². The highest BCUT2D eigenvalue weighted by molar-refractivity contribution is 9.10. The van der Waals surface area contributed by atoms with Crippen molar-refractivity contribution < 1.29 is 14.1 Å². The fourth-order valence-electron chi connectivity index (χ4n) is 1.55. The standard InChI is InChI=1S/C11H9BrFN5O3/c1-6-14-11(18(20)21)16-17(6)5-10(19)15-9-3-2-7(12)4-8(9)13/h2-4H,5H2,1H3,(H,15,19). The van der Waals surface area contributed by atoms with Crippen molar-refractivity contribution in [3.63, 3.8) is 0 Å². The van der Waals surface area contributed by atoms with E-state index in [1.54, 1.807) is 6.07 Å². The van der Waals surface area contributed by atoms with Gasteiger partial charge in [-0.25, -0.2) is 4.39 Å². The Balaban J connectivity index is 2.10. The van der Waals surface area contributed by atoms with Gasteiger partial charge in [0.15, 0.2) is 0 Å². The molecule has 0 saturated carbocycles. The third-order valence-electron chi connectivity index (χ3n) is 2.51. The fourth-order valence-corrected chi connectivity index (χ4v) is 1.88. The molecule has 21 heavy (non-hydrogen) atoms. The molecule has 0 fully saturated rings. The molecule has 0 aliphatic rings. The number of anilines is 1. The van der Waals surface area contributed by atoms with Crippen LogP contribution in [-0.4, -0.2) is 25.6 Å². The minimum absolute atomic E-state index is 0.00969. The van der Waals surface area contributed by atoms with Gasteiger partial charge in [-0.2, -0.15) is 4.68 Å². The average Bonchev–Trinajstić information content (AvgIpc) is 2.75. The van der Waals surface area contributed by atoms with Crippen molar-refractivity contribution in [3.05, 3.63) is 44.4 Å². The van der Waals surface area contributed by atoms with E-state index < -0.39 is 22.6 Å².